The zero-order valence-corrected chi connectivity index (χ0v) is 11.7. The number of hydrogen-bond donors (Lipinski definition) is 1. The van der Waals surface area contributed by atoms with E-state index in [0.29, 0.717) is 6.61 Å². The molecule has 1 aromatic carbocycles. The van der Waals surface area contributed by atoms with Gasteiger partial charge in [0.15, 0.2) is 0 Å². The SMILES string of the molecule is Cc1cccc(COc2cccc3c2CCCC3O)n1. The summed E-state index contributed by atoms with van der Waals surface area (Å²) < 4.78 is 5.92. The van der Waals surface area contributed by atoms with Crippen LogP contribution in [0.2, 0.25) is 0 Å². The quantitative estimate of drug-likeness (QED) is 0.929. The summed E-state index contributed by atoms with van der Waals surface area (Å²) in [5, 5.41) is 10.0. The fourth-order valence-electron chi connectivity index (χ4n) is 2.76. The summed E-state index contributed by atoms with van der Waals surface area (Å²) >= 11 is 0. The van der Waals surface area contributed by atoms with E-state index in [1.54, 1.807) is 0 Å². The Morgan fingerprint density at radius 3 is 2.95 bits per heavy atom. The Balaban J connectivity index is 1.80. The first-order valence-corrected chi connectivity index (χ1v) is 7.09. The third-order valence-corrected chi connectivity index (χ3v) is 3.75. The van der Waals surface area contributed by atoms with Crippen molar-refractivity contribution in [1.29, 1.82) is 0 Å². The van der Waals surface area contributed by atoms with Crippen LogP contribution in [0.1, 0.15) is 41.5 Å². The molecule has 3 heteroatoms. The lowest BCUT2D eigenvalue weighted by atomic mass is 9.89. The monoisotopic (exact) mass is 269 g/mol. The van der Waals surface area contributed by atoms with Gasteiger partial charge in [0, 0.05) is 5.69 Å². The van der Waals surface area contributed by atoms with Crippen LogP contribution in [0.15, 0.2) is 36.4 Å². The fourth-order valence-corrected chi connectivity index (χ4v) is 2.76. The van der Waals surface area contributed by atoms with E-state index in [-0.39, 0.29) is 6.10 Å². The topological polar surface area (TPSA) is 42.4 Å². The minimum Gasteiger partial charge on any atom is -0.487 e. The van der Waals surface area contributed by atoms with Gasteiger partial charge in [0.25, 0.3) is 0 Å². The van der Waals surface area contributed by atoms with Gasteiger partial charge in [-0.05, 0) is 55.5 Å². The van der Waals surface area contributed by atoms with Gasteiger partial charge < -0.3 is 9.84 Å². The van der Waals surface area contributed by atoms with Gasteiger partial charge in [0.1, 0.15) is 12.4 Å². The van der Waals surface area contributed by atoms with E-state index in [4.69, 9.17) is 4.74 Å². The van der Waals surface area contributed by atoms with Crippen molar-refractivity contribution < 1.29 is 9.84 Å². The molecule has 2 aromatic rings. The van der Waals surface area contributed by atoms with Gasteiger partial charge in [-0.2, -0.15) is 0 Å². The minimum atomic E-state index is -0.348. The number of aliphatic hydroxyl groups excluding tert-OH is 1. The van der Waals surface area contributed by atoms with Crippen molar-refractivity contribution in [1.82, 2.24) is 4.98 Å². The molecule has 20 heavy (non-hydrogen) atoms. The van der Waals surface area contributed by atoms with Gasteiger partial charge in [-0.1, -0.05) is 18.2 Å². The molecule has 104 valence electrons. The molecule has 0 bridgehead atoms. The van der Waals surface area contributed by atoms with Crippen molar-refractivity contribution in [3.8, 4) is 5.75 Å². The summed E-state index contributed by atoms with van der Waals surface area (Å²) in [6, 6.07) is 11.9. The minimum absolute atomic E-state index is 0.348. The molecule has 0 saturated carbocycles. The average molecular weight is 269 g/mol. The Morgan fingerprint density at radius 1 is 1.25 bits per heavy atom. The number of hydrogen-bond acceptors (Lipinski definition) is 3. The third-order valence-electron chi connectivity index (χ3n) is 3.75. The summed E-state index contributed by atoms with van der Waals surface area (Å²) in [5.41, 5.74) is 4.10. The second-order valence-electron chi connectivity index (χ2n) is 5.29. The molecular formula is C17H19NO2. The number of benzene rings is 1. The molecule has 0 spiro atoms. The lowest BCUT2D eigenvalue weighted by Crippen LogP contribution is -2.11. The fraction of sp³-hybridized carbons (Fsp3) is 0.353. The second kappa shape index (κ2) is 5.63. The molecule has 1 aliphatic rings. The molecule has 0 aliphatic heterocycles. The summed E-state index contributed by atoms with van der Waals surface area (Å²) in [4.78, 5) is 4.44. The zero-order chi connectivity index (χ0) is 13.9. The first-order chi connectivity index (χ1) is 9.74. The number of aromatic nitrogens is 1. The smallest absolute Gasteiger partial charge is 0.130 e. The lowest BCUT2D eigenvalue weighted by molar-refractivity contribution is 0.155. The van der Waals surface area contributed by atoms with E-state index in [9.17, 15) is 5.11 Å². The standard InChI is InChI=1S/C17H19NO2/c1-12-5-2-6-13(18-12)11-20-17-10-4-7-14-15(17)8-3-9-16(14)19/h2,4-7,10,16,19H,3,8-9,11H2,1H3. The number of ether oxygens (including phenoxy) is 1. The lowest BCUT2D eigenvalue weighted by Gasteiger charge is -2.23. The Bertz CT molecular complexity index is 610. The van der Waals surface area contributed by atoms with E-state index < -0.39 is 0 Å². The van der Waals surface area contributed by atoms with Gasteiger partial charge in [0.05, 0.1) is 11.8 Å². The van der Waals surface area contributed by atoms with Crippen LogP contribution in [0.3, 0.4) is 0 Å². The molecule has 0 radical (unpaired) electrons. The predicted molar refractivity (Wildman–Crippen MR) is 77.6 cm³/mol. The predicted octanol–water partition coefficient (Wildman–Crippen LogP) is 3.34. The van der Waals surface area contributed by atoms with Crippen LogP contribution in [0.4, 0.5) is 0 Å². The number of rotatable bonds is 3. The molecule has 1 unspecified atom stereocenters. The van der Waals surface area contributed by atoms with Crippen LogP contribution in [0.5, 0.6) is 5.75 Å². The number of nitrogens with zero attached hydrogens (tertiary/aromatic N) is 1. The number of aryl methyl sites for hydroxylation is 1. The number of fused-ring (bicyclic) bond motifs is 1. The van der Waals surface area contributed by atoms with Crippen LogP contribution in [-0.4, -0.2) is 10.1 Å². The first kappa shape index (κ1) is 13.1. The van der Waals surface area contributed by atoms with E-state index in [0.717, 1.165) is 47.5 Å². The highest BCUT2D eigenvalue weighted by molar-refractivity contribution is 5.42. The van der Waals surface area contributed by atoms with Crippen LogP contribution in [0, 0.1) is 6.92 Å². The Kier molecular flexibility index (Phi) is 3.70. The first-order valence-electron chi connectivity index (χ1n) is 7.09. The highest BCUT2D eigenvalue weighted by Gasteiger charge is 2.20. The summed E-state index contributed by atoms with van der Waals surface area (Å²) in [7, 11) is 0. The van der Waals surface area contributed by atoms with E-state index >= 15 is 0 Å². The normalized spacial score (nSPS) is 17.6. The maximum absolute atomic E-state index is 10.0. The van der Waals surface area contributed by atoms with Gasteiger partial charge in [-0.25, -0.2) is 0 Å². The van der Waals surface area contributed by atoms with Gasteiger partial charge in [-0.15, -0.1) is 0 Å². The Hall–Kier alpha value is -1.87. The molecule has 0 fully saturated rings. The van der Waals surface area contributed by atoms with Crippen LogP contribution in [-0.2, 0) is 13.0 Å². The molecule has 3 rings (SSSR count). The van der Waals surface area contributed by atoms with Crippen molar-refractivity contribution >= 4 is 0 Å². The van der Waals surface area contributed by atoms with Crippen molar-refractivity contribution in [2.45, 2.75) is 38.9 Å². The van der Waals surface area contributed by atoms with E-state index in [1.165, 1.54) is 0 Å². The van der Waals surface area contributed by atoms with Crippen LogP contribution >= 0.6 is 0 Å². The van der Waals surface area contributed by atoms with Gasteiger partial charge in [-0.3, -0.25) is 4.98 Å². The van der Waals surface area contributed by atoms with E-state index in [1.807, 2.05) is 43.3 Å². The molecule has 1 aliphatic carbocycles. The summed E-state index contributed by atoms with van der Waals surface area (Å²) in [5.74, 6) is 0.879. The molecule has 0 saturated heterocycles. The maximum Gasteiger partial charge on any atom is 0.130 e. The molecule has 1 atom stereocenters. The number of aliphatic hydroxyl groups is 1. The molecule has 1 aromatic heterocycles. The van der Waals surface area contributed by atoms with Crippen molar-refractivity contribution in [2.24, 2.45) is 0 Å². The van der Waals surface area contributed by atoms with Crippen LogP contribution in [0.25, 0.3) is 0 Å². The Morgan fingerprint density at radius 2 is 2.10 bits per heavy atom. The van der Waals surface area contributed by atoms with Crippen LogP contribution < -0.4 is 4.74 Å². The molecule has 1 N–H and O–H groups in total. The summed E-state index contributed by atoms with van der Waals surface area (Å²) in [6.45, 7) is 2.44. The molecule has 1 heterocycles. The van der Waals surface area contributed by atoms with Crippen molar-refractivity contribution in [3.63, 3.8) is 0 Å². The van der Waals surface area contributed by atoms with Crippen molar-refractivity contribution in [3.05, 3.63) is 58.9 Å². The summed E-state index contributed by atoms with van der Waals surface area (Å²) in [6.07, 6.45) is 2.48. The van der Waals surface area contributed by atoms with Gasteiger partial charge >= 0.3 is 0 Å². The third kappa shape index (κ3) is 2.68. The maximum atomic E-state index is 10.0. The highest BCUT2D eigenvalue weighted by Crippen LogP contribution is 2.35. The zero-order valence-electron chi connectivity index (χ0n) is 11.7. The largest absolute Gasteiger partial charge is 0.487 e. The van der Waals surface area contributed by atoms with E-state index in [2.05, 4.69) is 4.98 Å². The molecule has 0 amide bonds. The average Bonchev–Trinajstić information content (AvgIpc) is 2.46. The number of pyridine rings is 1. The molecular weight excluding hydrogens is 250 g/mol. The molecule has 3 nitrogen and oxygen atoms in total. The highest BCUT2D eigenvalue weighted by atomic mass is 16.5. The van der Waals surface area contributed by atoms with Gasteiger partial charge in [0.2, 0.25) is 0 Å². The second-order valence-corrected chi connectivity index (χ2v) is 5.29. The van der Waals surface area contributed by atoms with Crippen molar-refractivity contribution in [2.75, 3.05) is 0 Å². The Labute approximate surface area is 119 Å².